The van der Waals surface area contributed by atoms with Crippen molar-refractivity contribution in [1.29, 1.82) is 0 Å². The molecule has 0 radical (unpaired) electrons. The summed E-state index contributed by atoms with van der Waals surface area (Å²) in [5, 5.41) is 3.95. The van der Waals surface area contributed by atoms with Crippen molar-refractivity contribution in [2.75, 3.05) is 5.73 Å². The van der Waals surface area contributed by atoms with Crippen LogP contribution >= 0.6 is 0 Å². The Labute approximate surface area is 120 Å². The number of anilines is 1. The van der Waals surface area contributed by atoms with Crippen molar-refractivity contribution in [3.05, 3.63) is 35.9 Å². The quantitative estimate of drug-likeness (QED) is 0.867. The topological polar surface area (TPSA) is 52.0 Å². The molecule has 1 aromatic carbocycles. The number of nitrogens with zero attached hydrogens (tertiary/aromatic N) is 1. The number of rotatable bonds is 2. The zero-order valence-electron chi connectivity index (χ0n) is 12.2. The van der Waals surface area contributed by atoms with Gasteiger partial charge in [0.05, 0.1) is 0 Å². The van der Waals surface area contributed by atoms with Crippen LogP contribution in [0.15, 0.2) is 34.9 Å². The van der Waals surface area contributed by atoms with E-state index in [4.69, 9.17) is 10.3 Å². The first-order valence-electron chi connectivity index (χ1n) is 7.36. The molecule has 0 bridgehead atoms. The maximum atomic E-state index is 5.56. The standard InChI is InChI=1S/C17H22N2O/c1-17(2)9-3-4-14(11-17)12-5-7-13(8-6-12)15-10-16(18)20-19-15/h5-8,10,14H,3-4,9,11,18H2,1-2H3. The molecule has 1 unspecified atom stereocenters. The molecule has 3 rings (SSSR count). The fraction of sp³-hybridized carbons (Fsp3) is 0.471. The van der Waals surface area contributed by atoms with Gasteiger partial charge in [0, 0.05) is 11.6 Å². The van der Waals surface area contributed by atoms with E-state index in [1.54, 1.807) is 6.07 Å². The minimum Gasteiger partial charge on any atom is -0.368 e. The molecule has 106 valence electrons. The lowest BCUT2D eigenvalue weighted by molar-refractivity contribution is 0.219. The van der Waals surface area contributed by atoms with Crippen LogP contribution in [0.3, 0.4) is 0 Å². The molecular formula is C17H22N2O. The molecule has 1 aliphatic carbocycles. The highest BCUT2D eigenvalue weighted by Crippen LogP contribution is 2.43. The molecule has 0 saturated heterocycles. The summed E-state index contributed by atoms with van der Waals surface area (Å²) < 4.78 is 4.92. The number of aromatic nitrogens is 1. The van der Waals surface area contributed by atoms with Crippen LogP contribution in [0, 0.1) is 5.41 Å². The molecule has 0 aliphatic heterocycles. The van der Waals surface area contributed by atoms with Gasteiger partial charge < -0.3 is 10.3 Å². The second kappa shape index (κ2) is 4.97. The van der Waals surface area contributed by atoms with Gasteiger partial charge in [0.15, 0.2) is 0 Å². The van der Waals surface area contributed by atoms with Crippen molar-refractivity contribution in [2.24, 2.45) is 5.41 Å². The lowest BCUT2D eigenvalue weighted by Gasteiger charge is -2.35. The zero-order valence-corrected chi connectivity index (χ0v) is 12.2. The maximum absolute atomic E-state index is 5.56. The molecule has 1 aromatic heterocycles. The molecule has 3 heteroatoms. The summed E-state index contributed by atoms with van der Waals surface area (Å²) in [5.74, 6) is 1.05. The highest BCUT2D eigenvalue weighted by Gasteiger charge is 2.28. The average Bonchev–Trinajstić information content (AvgIpc) is 2.84. The molecule has 1 fully saturated rings. The van der Waals surface area contributed by atoms with Crippen LogP contribution in [0.2, 0.25) is 0 Å². The van der Waals surface area contributed by atoms with Gasteiger partial charge >= 0.3 is 0 Å². The van der Waals surface area contributed by atoms with E-state index in [-0.39, 0.29) is 0 Å². The minimum atomic E-state index is 0.359. The summed E-state index contributed by atoms with van der Waals surface area (Å²) in [5.41, 5.74) is 9.34. The van der Waals surface area contributed by atoms with Gasteiger partial charge in [0.1, 0.15) is 5.69 Å². The highest BCUT2D eigenvalue weighted by atomic mass is 16.5. The fourth-order valence-electron chi connectivity index (χ4n) is 3.33. The van der Waals surface area contributed by atoms with Crippen molar-refractivity contribution in [3.8, 4) is 11.3 Å². The van der Waals surface area contributed by atoms with Crippen LogP contribution in [0.4, 0.5) is 5.88 Å². The van der Waals surface area contributed by atoms with E-state index >= 15 is 0 Å². The first-order chi connectivity index (χ1) is 9.53. The molecule has 1 aliphatic rings. The Morgan fingerprint density at radius 2 is 2.00 bits per heavy atom. The van der Waals surface area contributed by atoms with Gasteiger partial charge in [-0.15, -0.1) is 0 Å². The van der Waals surface area contributed by atoms with E-state index in [9.17, 15) is 0 Å². The van der Waals surface area contributed by atoms with Gasteiger partial charge in [-0.2, -0.15) is 0 Å². The first kappa shape index (κ1) is 13.2. The van der Waals surface area contributed by atoms with Crippen LogP contribution in [0.5, 0.6) is 0 Å². The minimum absolute atomic E-state index is 0.359. The van der Waals surface area contributed by atoms with Crippen LogP contribution in [0.25, 0.3) is 11.3 Å². The summed E-state index contributed by atoms with van der Waals surface area (Å²) in [4.78, 5) is 0. The van der Waals surface area contributed by atoms with Crippen LogP contribution in [0.1, 0.15) is 51.0 Å². The van der Waals surface area contributed by atoms with Gasteiger partial charge in [-0.05, 0) is 36.2 Å². The number of hydrogen-bond acceptors (Lipinski definition) is 3. The Morgan fingerprint density at radius 3 is 2.60 bits per heavy atom. The van der Waals surface area contributed by atoms with Crippen molar-refractivity contribution >= 4 is 5.88 Å². The Morgan fingerprint density at radius 1 is 1.25 bits per heavy atom. The van der Waals surface area contributed by atoms with Gasteiger partial charge in [0.25, 0.3) is 0 Å². The smallest absolute Gasteiger partial charge is 0.222 e. The molecule has 20 heavy (non-hydrogen) atoms. The van der Waals surface area contributed by atoms with Gasteiger partial charge in [-0.3, -0.25) is 0 Å². The molecule has 1 heterocycles. The normalized spacial score (nSPS) is 21.8. The summed E-state index contributed by atoms with van der Waals surface area (Å²) in [7, 11) is 0. The van der Waals surface area contributed by atoms with E-state index in [0.717, 1.165) is 11.3 Å². The predicted octanol–water partition coefficient (Wildman–Crippen LogP) is 4.61. The van der Waals surface area contributed by atoms with Gasteiger partial charge in [0.2, 0.25) is 5.88 Å². The number of nitrogen functional groups attached to an aromatic ring is 1. The predicted molar refractivity (Wildman–Crippen MR) is 81.3 cm³/mol. The molecule has 1 saturated carbocycles. The van der Waals surface area contributed by atoms with Crippen LogP contribution in [-0.4, -0.2) is 5.16 Å². The Hall–Kier alpha value is -1.77. The molecule has 0 spiro atoms. The summed E-state index contributed by atoms with van der Waals surface area (Å²) in [6.07, 6.45) is 5.27. The fourth-order valence-corrected chi connectivity index (χ4v) is 3.33. The molecular weight excluding hydrogens is 248 g/mol. The van der Waals surface area contributed by atoms with Gasteiger partial charge in [-0.1, -0.05) is 49.7 Å². The van der Waals surface area contributed by atoms with Crippen molar-refractivity contribution < 1.29 is 4.52 Å². The summed E-state index contributed by atoms with van der Waals surface area (Å²) in [6, 6.07) is 10.5. The zero-order chi connectivity index (χ0) is 14.2. The van der Waals surface area contributed by atoms with E-state index in [1.807, 2.05) is 0 Å². The molecule has 1 atom stereocenters. The third-order valence-corrected chi connectivity index (χ3v) is 4.41. The Kier molecular flexibility index (Phi) is 3.28. The third kappa shape index (κ3) is 2.72. The Balaban J connectivity index is 1.79. The number of hydrogen-bond donors (Lipinski definition) is 1. The SMILES string of the molecule is CC1(C)CCCC(c2ccc(-c3cc(N)on3)cc2)C1. The average molecular weight is 270 g/mol. The van der Waals surface area contributed by atoms with Crippen molar-refractivity contribution in [1.82, 2.24) is 5.16 Å². The summed E-state index contributed by atoms with van der Waals surface area (Å²) >= 11 is 0. The van der Waals surface area contributed by atoms with E-state index in [1.165, 1.54) is 31.2 Å². The second-order valence-electron chi connectivity index (χ2n) is 6.69. The van der Waals surface area contributed by atoms with Crippen molar-refractivity contribution in [3.63, 3.8) is 0 Å². The van der Waals surface area contributed by atoms with E-state index in [2.05, 4.69) is 43.3 Å². The third-order valence-electron chi connectivity index (χ3n) is 4.41. The largest absolute Gasteiger partial charge is 0.368 e. The first-order valence-corrected chi connectivity index (χ1v) is 7.36. The molecule has 0 amide bonds. The van der Waals surface area contributed by atoms with Crippen LogP contribution < -0.4 is 5.73 Å². The number of nitrogens with two attached hydrogens (primary N) is 1. The van der Waals surface area contributed by atoms with E-state index < -0.39 is 0 Å². The lowest BCUT2D eigenvalue weighted by atomic mass is 9.70. The monoisotopic (exact) mass is 270 g/mol. The molecule has 2 N–H and O–H groups in total. The maximum Gasteiger partial charge on any atom is 0.222 e. The highest BCUT2D eigenvalue weighted by molar-refractivity contribution is 5.61. The number of benzene rings is 1. The van der Waals surface area contributed by atoms with E-state index in [0.29, 0.717) is 17.2 Å². The van der Waals surface area contributed by atoms with Crippen molar-refractivity contribution in [2.45, 2.75) is 45.4 Å². The molecule has 2 aromatic rings. The molecule has 3 nitrogen and oxygen atoms in total. The lowest BCUT2D eigenvalue weighted by Crippen LogP contribution is -2.21. The Bertz CT molecular complexity index is 583. The second-order valence-corrected chi connectivity index (χ2v) is 6.69. The summed E-state index contributed by atoms with van der Waals surface area (Å²) in [6.45, 7) is 4.76. The van der Waals surface area contributed by atoms with Crippen LogP contribution in [-0.2, 0) is 0 Å². The van der Waals surface area contributed by atoms with Gasteiger partial charge in [-0.25, -0.2) is 0 Å².